The molecule has 0 amide bonds. The molecule has 0 saturated carbocycles. The Hall–Kier alpha value is -3.44. The van der Waals surface area contributed by atoms with Gasteiger partial charge in [0.25, 0.3) is 0 Å². The van der Waals surface area contributed by atoms with Crippen molar-refractivity contribution in [1.29, 1.82) is 5.41 Å². The van der Waals surface area contributed by atoms with Crippen LogP contribution in [0.25, 0.3) is 11.1 Å². The van der Waals surface area contributed by atoms with E-state index in [0.29, 0.717) is 6.54 Å². The number of hydrogen-bond donors (Lipinski definition) is 3. The van der Waals surface area contributed by atoms with Gasteiger partial charge < -0.3 is 5.11 Å². The molecule has 0 saturated heterocycles. The number of rotatable bonds is 7. The first-order chi connectivity index (χ1) is 13.2. The number of aromatic hydroxyl groups is 1. The molecule has 0 atom stereocenters. The van der Waals surface area contributed by atoms with E-state index in [1.807, 2.05) is 35.8 Å². The minimum absolute atomic E-state index is 0.251. The summed E-state index contributed by atoms with van der Waals surface area (Å²) in [7, 11) is 0. The average molecular weight is 359 g/mol. The third kappa shape index (κ3) is 4.80. The molecule has 0 fully saturated rings. The van der Waals surface area contributed by atoms with Gasteiger partial charge in [-0.15, -0.1) is 0 Å². The van der Waals surface area contributed by atoms with E-state index in [4.69, 9.17) is 5.41 Å². The van der Waals surface area contributed by atoms with E-state index >= 15 is 0 Å². The SMILES string of the molecule is Cc1ccc(N(Cc2ccc(O)cc2)[NH2+]C=NC=N)cc1-c1ccccc1. The molecule has 0 spiro atoms. The lowest BCUT2D eigenvalue weighted by atomic mass is 10.00. The molecule has 0 heterocycles. The van der Waals surface area contributed by atoms with Crippen LogP contribution in [-0.4, -0.2) is 17.8 Å². The van der Waals surface area contributed by atoms with Gasteiger partial charge in [0.2, 0.25) is 6.34 Å². The van der Waals surface area contributed by atoms with Crippen molar-refractivity contribution >= 4 is 18.4 Å². The monoisotopic (exact) mass is 359 g/mol. The highest BCUT2D eigenvalue weighted by molar-refractivity contribution is 5.72. The molecule has 0 unspecified atom stereocenters. The summed E-state index contributed by atoms with van der Waals surface area (Å²) in [5, 5.41) is 18.7. The summed E-state index contributed by atoms with van der Waals surface area (Å²) >= 11 is 0. The number of aryl methyl sites for hydroxylation is 1. The van der Waals surface area contributed by atoms with Gasteiger partial charge in [0.15, 0.2) is 0 Å². The van der Waals surface area contributed by atoms with Crippen molar-refractivity contribution < 1.29 is 10.5 Å². The summed E-state index contributed by atoms with van der Waals surface area (Å²) in [6.07, 6.45) is 2.62. The Labute approximate surface area is 159 Å². The maximum absolute atomic E-state index is 9.51. The largest absolute Gasteiger partial charge is 0.508 e. The van der Waals surface area contributed by atoms with Crippen LogP contribution in [0.3, 0.4) is 0 Å². The smallest absolute Gasteiger partial charge is 0.212 e. The van der Waals surface area contributed by atoms with E-state index in [9.17, 15) is 5.11 Å². The highest BCUT2D eigenvalue weighted by atomic mass is 16.3. The van der Waals surface area contributed by atoms with Crippen molar-refractivity contribution in [1.82, 2.24) is 0 Å². The quantitative estimate of drug-likeness (QED) is 0.261. The molecule has 3 aromatic rings. The first-order valence-electron chi connectivity index (χ1n) is 8.73. The molecular formula is C22H23N4O+. The number of nitrogens with two attached hydrogens (primary N) is 1. The maximum atomic E-state index is 9.51. The summed E-state index contributed by atoms with van der Waals surface area (Å²) in [5.74, 6) is 0.251. The van der Waals surface area contributed by atoms with Gasteiger partial charge in [-0.25, -0.2) is 10.4 Å². The lowest BCUT2D eigenvalue weighted by molar-refractivity contribution is -0.547. The molecule has 27 heavy (non-hydrogen) atoms. The Morgan fingerprint density at radius 1 is 1.04 bits per heavy atom. The number of aliphatic imine (C=N–C) groups is 1. The average Bonchev–Trinajstić information content (AvgIpc) is 2.70. The van der Waals surface area contributed by atoms with Gasteiger partial charge in [-0.1, -0.05) is 48.5 Å². The molecule has 0 radical (unpaired) electrons. The second-order valence-corrected chi connectivity index (χ2v) is 6.24. The number of hydrogen-bond acceptors (Lipinski definition) is 3. The predicted molar refractivity (Wildman–Crippen MR) is 110 cm³/mol. The zero-order chi connectivity index (χ0) is 19.1. The fourth-order valence-electron chi connectivity index (χ4n) is 2.91. The highest BCUT2D eigenvalue weighted by Gasteiger charge is 2.12. The molecule has 0 aliphatic heterocycles. The Bertz CT molecular complexity index is 921. The summed E-state index contributed by atoms with van der Waals surface area (Å²) in [6.45, 7) is 2.73. The number of phenolic OH excluding ortho intramolecular Hbond substituents is 1. The molecular weight excluding hydrogens is 336 g/mol. The standard InChI is InChI=1S/C22H22N4O/c1-17-7-10-20(13-22(17)19-5-3-2-4-6-19)26(25-16-24-15-23)14-18-8-11-21(27)12-9-18/h2-13,15-16,27H,14H2,1H3,(H2,23,24,25)/p+1. The molecule has 0 aliphatic carbocycles. The Balaban J connectivity index is 1.94. The number of anilines is 1. The van der Waals surface area contributed by atoms with Crippen molar-refractivity contribution in [2.24, 2.45) is 4.99 Å². The molecule has 0 aromatic heterocycles. The third-order valence-electron chi connectivity index (χ3n) is 4.33. The molecule has 5 nitrogen and oxygen atoms in total. The van der Waals surface area contributed by atoms with E-state index in [1.54, 1.807) is 18.5 Å². The van der Waals surface area contributed by atoms with Gasteiger partial charge >= 0.3 is 0 Å². The normalized spacial score (nSPS) is 10.9. The molecule has 136 valence electrons. The zero-order valence-electron chi connectivity index (χ0n) is 15.2. The van der Waals surface area contributed by atoms with Crippen LogP contribution < -0.4 is 10.4 Å². The lowest BCUT2D eigenvalue weighted by Crippen LogP contribution is -2.93. The van der Waals surface area contributed by atoms with Crippen molar-refractivity contribution in [3.63, 3.8) is 0 Å². The van der Waals surface area contributed by atoms with Crippen LogP contribution in [-0.2, 0) is 6.54 Å². The fraction of sp³-hybridized carbons (Fsp3) is 0.0909. The molecule has 0 bridgehead atoms. The van der Waals surface area contributed by atoms with Gasteiger partial charge in [-0.2, -0.15) is 4.99 Å². The molecule has 0 aliphatic rings. The minimum Gasteiger partial charge on any atom is -0.508 e. The third-order valence-corrected chi connectivity index (χ3v) is 4.33. The van der Waals surface area contributed by atoms with Crippen molar-refractivity contribution in [3.05, 3.63) is 83.9 Å². The Kier molecular flexibility index (Phi) is 5.97. The van der Waals surface area contributed by atoms with Crippen LogP contribution in [0.5, 0.6) is 5.75 Å². The number of quaternary nitrogens is 1. The first-order valence-corrected chi connectivity index (χ1v) is 8.73. The van der Waals surface area contributed by atoms with Gasteiger partial charge in [-0.05, 0) is 53.4 Å². The fourth-order valence-corrected chi connectivity index (χ4v) is 2.91. The van der Waals surface area contributed by atoms with Crippen LogP contribution in [0, 0.1) is 12.3 Å². The van der Waals surface area contributed by atoms with Gasteiger partial charge in [0.05, 0.1) is 12.2 Å². The van der Waals surface area contributed by atoms with Crippen LogP contribution in [0.15, 0.2) is 77.8 Å². The summed E-state index contributed by atoms with van der Waals surface area (Å²) < 4.78 is 0. The first kappa shape index (κ1) is 18.4. The van der Waals surface area contributed by atoms with E-state index in [2.05, 4.69) is 47.3 Å². The van der Waals surface area contributed by atoms with Crippen LogP contribution in [0.4, 0.5) is 5.69 Å². The van der Waals surface area contributed by atoms with Crippen molar-refractivity contribution in [2.45, 2.75) is 13.5 Å². The summed E-state index contributed by atoms with van der Waals surface area (Å²) in [5.41, 5.74) is 7.52. The zero-order valence-corrected chi connectivity index (χ0v) is 15.2. The summed E-state index contributed by atoms with van der Waals surface area (Å²) in [4.78, 5) is 3.87. The van der Waals surface area contributed by atoms with E-state index < -0.39 is 0 Å². The number of nitrogens with zero attached hydrogens (tertiary/aromatic N) is 2. The Morgan fingerprint density at radius 2 is 1.78 bits per heavy atom. The summed E-state index contributed by atoms with van der Waals surface area (Å²) in [6, 6.07) is 23.8. The number of benzene rings is 3. The van der Waals surface area contributed by atoms with Crippen LogP contribution in [0.1, 0.15) is 11.1 Å². The maximum Gasteiger partial charge on any atom is 0.212 e. The van der Waals surface area contributed by atoms with Crippen molar-refractivity contribution in [3.8, 4) is 16.9 Å². The molecule has 3 aromatic carbocycles. The Morgan fingerprint density at radius 3 is 2.48 bits per heavy atom. The number of nitrogens with one attached hydrogen (secondary N) is 1. The van der Waals surface area contributed by atoms with Gasteiger partial charge in [0.1, 0.15) is 12.1 Å². The molecule has 5 heteroatoms. The number of phenols is 1. The van der Waals surface area contributed by atoms with E-state index in [-0.39, 0.29) is 5.75 Å². The molecule has 3 rings (SSSR count). The van der Waals surface area contributed by atoms with Crippen LogP contribution >= 0.6 is 0 Å². The van der Waals surface area contributed by atoms with E-state index in [0.717, 1.165) is 17.6 Å². The van der Waals surface area contributed by atoms with E-state index in [1.165, 1.54) is 16.7 Å². The van der Waals surface area contributed by atoms with Crippen molar-refractivity contribution in [2.75, 3.05) is 5.01 Å². The predicted octanol–water partition coefficient (Wildman–Crippen LogP) is 3.49. The topological polar surface area (TPSA) is 76.3 Å². The second-order valence-electron chi connectivity index (χ2n) is 6.24. The lowest BCUT2D eigenvalue weighted by Gasteiger charge is -2.21. The minimum atomic E-state index is 0.251. The van der Waals surface area contributed by atoms with Crippen LogP contribution in [0.2, 0.25) is 0 Å². The van der Waals surface area contributed by atoms with Gasteiger partial charge in [-0.3, -0.25) is 5.41 Å². The highest BCUT2D eigenvalue weighted by Crippen LogP contribution is 2.27. The second kappa shape index (κ2) is 8.78. The van der Waals surface area contributed by atoms with Gasteiger partial charge in [0, 0.05) is 0 Å². The molecule has 4 N–H and O–H groups in total.